The van der Waals surface area contributed by atoms with Gasteiger partial charge >= 0.3 is 5.97 Å². The number of rotatable bonds is 4. The van der Waals surface area contributed by atoms with Crippen LogP contribution in [0.4, 0.5) is 9.39 Å². The van der Waals surface area contributed by atoms with Crippen LogP contribution in [-0.2, 0) is 17.7 Å². The van der Waals surface area contributed by atoms with Crippen molar-refractivity contribution < 1.29 is 18.7 Å². The zero-order valence-electron chi connectivity index (χ0n) is 16.4. The van der Waals surface area contributed by atoms with Crippen LogP contribution >= 0.6 is 11.3 Å². The minimum absolute atomic E-state index is 0.234. The lowest BCUT2D eigenvalue weighted by Gasteiger charge is -2.22. The van der Waals surface area contributed by atoms with E-state index < -0.39 is 17.7 Å². The average Bonchev–Trinajstić information content (AvgIpc) is 3.17. The molecule has 0 saturated carbocycles. The van der Waals surface area contributed by atoms with E-state index in [4.69, 9.17) is 4.74 Å². The Morgan fingerprint density at radius 1 is 1.38 bits per heavy atom. The Kier molecular flexibility index (Phi) is 5.10. The largest absolute Gasteiger partial charge is 0.462 e. The molecular weight excluding hydrogens is 395 g/mol. The fraction of sp³-hybridized carbons (Fsp3) is 0.350. The van der Waals surface area contributed by atoms with Gasteiger partial charge in [-0.15, -0.1) is 11.3 Å². The molecule has 1 N–H and O–H groups in total. The summed E-state index contributed by atoms with van der Waals surface area (Å²) in [5, 5.41) is 3.31. The first-order valence-corrected chi connectivity index (χ1v) is 10.2. The summed E-state index contributed by atoms with van der Waals surface area (Å²) < 4.78 is 20.4. The number of fused-ring (bicyclic) bond motifs is 2. The molecule has 152 valence electrons. The monoisotopic (exact) mass is 416 g/mol. The molecule has 0 unspecified atom stereocenters. The summed E-state index contributed by atoms with van der Waals surface area (Å²) in [6.45, 7) is 5.24. The van der Waals surface area contributed by atoms with Gasteiger partial charge in [0.2, 0.25) is 0 Å². The predicted molar refractivity (Wildman–Crippen MR) is 108 cm³/mol. The van der Waals surface area contributed by atoms with Crippen LogP contribution in [0.15, 0.2) is 18.3 Å². The second-order valence-corrected chi connectivity index (χ2v) is 8.10. The molecule has 0 aromatic carbocycles. The number of aryl methyl sites for hydroxylation is 1. The fourth-order valence-electron chi connectivity index (χ4n) is 3.61. The van der Waals surface area contributed by atoms with Crippen molar-refractivity contribution in [2.75, 3.05) is 25.5 Å². The van der Waals surface area contributed by atoms with Crippen LogP contribution in [0.1, 0.15) is 43.9 Å². The van der Waals surface area contributed by atoms with Crippen molar-refractivity contribution in [3.05, 3.63) is 51.5 Å². The van der Waals surface area contributed by atoms with E-state index in [0.29, 0.717) is 34.9 Å². The van der Waals surface area contributed by atoms with Gasteiger partial charge in [-0.05, 0) is 45.0 Å². The Hall–Kier alpha value is -2.78. The standard InChI is InChI=1S/C20H21FN4O3S/c1-4-28-20(27)16-13-7-8-24(3)10-14(13)29-19(16)23-18(26)17-11(2)22-15-6-5-12(21)9-25(15)17/h5-6,9H,4,7-8,10H2,1-3H3,(H,23,26). The third-order valence-electron chi connectivity index (χ3n) is 4.93. The van der Waals surface area contributed by atoms with Crippen LogP contribution in [0.3, 0.4) is 0 Å². The molecule has 4 rings (SSSR count). The van der Waals surface area contributed by atoms with Crippen LogP contribution in [0.25, 0.3) is 5.65 Å². The number of pyridine rings is 1. The Labute approximate surface area is 171 Å². The number of aromatic nitrogens is 2. The molecular formula is C20H21FN4O3S. The number of carbonyl (C=O) groups excluding carboxylic acids is 2. The number of imidazole rings is 1. The summed E-state index contributed by atoms with van der Waals surface area (Å²) in [5.74, 6) is -1.35. The number of anilines is 1. The summed E-state index contributed by atoms with van der Waals surface area (Å²) in [4.78, 5) is 33.2. The zero-order valence-corrected chi connectivity index (χ0v) is 17.2. The highest BCUT2D eigenvalue weighted by Gasteiger charge is 2.29. The second-order valence-electron chi connectivity index (χ2n) is 6.99. The molecule has 1 amide bonds. The van der Waals surface area contributed by atoms with Gasteiger partial charge in [-0.1, -0.05) is 0 Å². The third kappa shape index (κ3) is 3.51. The van der Waals surface area contributed by atoms with E-state index in [9.17, 15) is 14.0 Å². The molecule has 1 aliphatic heterocycles. The highest BCUT2D eigenvalue weighted by molar-refractivity contribution is 7.17. The van der Waals surface area contributed by atoms with Crippen LogP contribution < -0.4 is 5.32 Å². The number of nitrogens with zero attached hydrogens (tertiary/aromatic N) is 3. The Balaban J connectivity index is 1.74. The molecule has 0 spiro atoms. The fourth-order valence-corrected chi connectivity index (χ4v) is 4.92. The van der Waals surface area contributed by atoms with Gasteiger partial charge < -0.3 is 15.0 Å². The minimum Gasteiger partial charge on any atom is -0.462 e. The van der Waals surface area contributed by atoms with E-state index in [-0.39, 0.29) is 12.3 Å². The number of amides is 1. The smallest absolute Gasteiger partial charge is 0.341 e. The lowest BCUT2D eigenvalue weighted by molar-refractivity contribution is 0.0526. The molecule has 0 radical (unpaired) electrons. The molecule has 3 aromatic rings. The van der Waals surface area contributed by atoms with Gasteiger partial charge in [-0.3, -0.25) is 9.20 Å². The first kappa shape index (κ1) is 19.5. The number of esters is 1. The molecule has 3 aromatic heterocycles. The minimum atomic E-state index is -0.467. The van der Waals surface area contributed by atoms with Crippen LogP contribution in [0.5, 0.6) is 0 Å². The molecule has 0 saturated heterocycles. The van der Waals surface area contributed by atoms with E-state index in [1.165, 1.54) is 34.1 Å². The molecule has 0 atom stereocenters. The van der Waals surface area contributed by atoms with Crippen molar-refractivity contribution in [3.8, 4) is 0 Å². The third-order valence-corrected chi connectivity index (χ3v) is 6.06. The van der Waals surface area contributed by atoms with Crippen molar-refractivity contribution in [1.29, 1.82) is 0 Å². The maximum Gasteiger partial charge on any atom is 0.341 e. The van der Waals surface area contributed by atoms with Gasteiger partial charge in [0.1, 0.15) is 22.2 Å². The van der Waals surface area contributed by atoms with Crippen molar-refractivity contribution in [2.45, 2.75) is 26.8 Å². The molecule has 0 fully saturated rings. The van der Waals surface area contributed by atoms with Crippen LogP contribution in [0, 0.1) is 12.7 Å². The van der Waals surface area contributed by atoms with Gasteiger partial charge in [0.25, 0.3) is 5.91 Å². The van der Waals surface area contributed by atoms with Crippen molar-refractivity contribution in [2.24, 2.45) is 0 Å². The quantitative estimate of drug-likeness (QED) is 0.661. The topological polar surface area (TPSA) is 75.9 Å². The van der Waals surface area contributed by atoms with Gasteiger partial charge in [-0.25, -0.2) is 14.2 Å². The summed E-state index contributed by atoms with van der Waals surface area (Å²) in [5.41, 5.74) is 2.55. The maximum absolute atomic E-state index is 13.7. The predicted octanol–water partition coefficient (Wildman–Crippen LogP) is 3.26. The molecule has 9 heteroatoms. The van der Waals surface area contributed by atoms with E-state index in [2.05, 4.69) is 15.2 Å². The summed E-state index contributed by atoms with van der Waals surface area (Å²) in [6, 6.07) is 2.81. The number of hydrogen-bond acceptors (Lipinski definition) is 6. The van der Waals surface area contributed by atoms with Gasteiger partial charge in [0.15, 0.2) is 0 Å². The van der Waals surface area contributed by atoms with Crippen LogP contribution in [0.2, 0.25) is 0 Å². The second kappa shape index (κ2) is 7.57. The highest BCUT2D eigenvalue weighted by atomic mass is 32.1. The number of halogens is 1. The van der Waals surface area contributed by atoms with Gasteiger partial charge in [0, 0.05) is 24.2 Å². The zero-order chi connectivity index (χ0) is 20.7. The first-order valence-electron chi connectivity index (χ1n) is 9.34. The van der Waals surface area contributed by atoms with E-state index >= 15 is 0 Å². The number of ether oxygens (including phenoxy) is 1. The summed E-state index contributed by atoms with van der Waals surface area (Å²) >= 11 is 1.38. The Morgan fingerprint density at radius 3 is 2.93 bits per heavy atom. The van der Waals surface area contributed by atoms with Crippen molar-refractivity contribution >= 4 is 33.9 Å². The number of carbonyl (C=O) groups is 2. The number of nitrogens with one attached hydrogen (secondary N) is 1. The summed E-state index contributed by atoms with van der Waals surface area (Å²) in [6.07, 6.45) is 1.94. The average molecular weight is 416 g/mol. The lowest BCUT2D eigenvalue weighted by Crippen LogP contribution is -2.26. The molecule has 0 aliphatic carbocycles. The molecule has 4 heterocycles. The molecule has 1 aliphatic rings. The van der Waals surface area contributed by atoms with E-state index in [1.807, 2.05) is 7.05 Å². The number of thiophene rings is 1. The lowest BCUT2D eigenvalue weighted by atomic mass is 10.0. The van der Waals surface area contributed by atoms with E-state index in [0.717, 1.165) is 17.0 Å². The van der Waals surface area contributed by atoms with Gasteiger partial charge in [-0.2, -0.15) is 0 Å². The number of hydrogen-bond donors (Lipinski definition) is 1. The van der Waals surface area contributed by atoms with Crippen molar-refractivity contribution in [1.82, 2.24) is 14.3 Å². The normalized spacial score (nSPS) is 14.1. The van der Waals surface area contributed by atoms with Crippen LogP contribution in [-0.4, -0.2) is 46.4 Å². The first-order chi connectivity index (χ1) is 13.9. The van der Waals surface area contributed by atoms with Gasteiger partial charge in [0.05, 0.1) is 17.9 Å². The maximum atomic E-state index is 13.7. The van der Waals surface area contributed by atoms with Crippen molar-refractivity contribution in [3.63, 3.8) is 0 Å². The number of likely N-dealkylation sites (N-methyl/N-ethyl adjacent to an activating group) is 1. The molecule has 7 nitrogen and oxygen atoms in total. The highest BCUT2D eigenvalue weighted by Crippen LogP contribution is 2.37. The summed E-state index contributed by atoms with van der Waals surface area (Å²) in [7, 11) is 2.02. The Morgan fingerprint density at radius 2 is 2.17 bits per heavy atom. The Bertz CT molecular complexity index is 1120. The molecule has 29 heavy (non-hydrogen) atoms. The van der Waals surface area contributed by atoms with E-state index in [1.54, 1.807) is 13.8 Å². The SMILES string of the molecule is CCOC(=O)c1c(NC(=O)c2c(C)nc3ccc(F)cn23)sc2c1CCN(C)C2. The molecule has 0 bridgehead atoms.